The molecule has 2 fully saturated rings. The molecule has 0 atom stereocenters. The van der Waals surface area contributed by atoms with E-state index in [1.165, 1.54) is 6.20 Å². The summed E-state index contributed by atoms with van der Waals surface area (Å²) < 4.78 is 15.4. The summed E-state index contributed by atoms with van der Waals surface area (Å²) >= 11 is 0. The van der Waals surface area contributed by atoms with Gasteiger partial charge in [0.1, 0.15) is 17.8 Å². The first-order valence-corrected chi connectivity index (χ1v) is 11.9. The number of nitriles is 1. The Morgan fingerprint density at radius 3 is 2.80 bits per heavy atom. The molecule has 1 saturated heterocycles. The van der Waals surface area contributed by atoms with Gasteiger partial charge in [0.15, 0.2) is 0 Å². The fourth-order valence-electron chi connectivity index (χ4n) is 5.53. The number of hydrogen-bond donors (Lipinski definition) is 1. The van der Waals surface area contributed by atoms with Crippen LogP contribution in [0, 0.1) is 17.1 Å². The highest BCUT2D eigenvalue weighted by Crippen LogP contribution is 2.45. The van der Waals surface area contributed by atoms with E-state index in [0.29, 0.717) is 12.5 Å². The van der Waals surface area contributed by atoms with Crippen LogP contribution in [0.15, 0.2) is 49.4 Å². The largest absolute Gasteiger partial charge is 0.346 e. The topological polar surface area (TPSA) is 103 Å². The molecule has 0 amide bonds. The van der Waals surface area contributed by atoms with E-state index >= 15 is 0 Å². The summed E-state index contributed by atoms with van der Waals surface area (Å²) in [5, 5.41) is 15.2. The standard InChI is InChI=1S/C25H26FN9/c26-20-9-18(12-28-14-20)15-33-5-7-34(8-6-33)21-10-25(11-21,2-3-27)35-16-19(13-32-35)23-22-1-4-29-24(22)31-17-30-23/h1,4,9,12-14,16-17,21H,2,5-8,10-11,15H2,(H,29,30,31). The molecule has 2 aliphatic rings. The van der Waals surface area contributed by atoms with E-state index in [9.17, 15) is 9.65 Å². The number of piperazine rings is 1. The number of pyridine rings is 1. The van der Waals surface area contributed by atoms with Gasteiger partial charge in [0.05, 0.1) is 36.1 Å². The van der Waals surface area contributed by atoms with E-state index in [2.05, 4.69) is 40.9 Å². The van der Waals surface area contributed by atoms with Crippen LogP contribution in [0.4, 0.5) is 4.39 Å². The third kappa shape index (κ3) is 4.07. The Labute approximate surface area is 202 Å². The molecular weight excluding hydrogens is 445 g/mol. The summed E-state index contributed by atoms with van der Waals surface area (Å²) in [6.07, 6.45) is 12.5. The van der Waals surface area contributed by atoms with E-state index in [-0.39, 0.29) is 11.4 Å². The van der Waals surface area contributed by atoms with Crippen molar-refractivity contribution in [3.05, 3.63) is 60.8 Å². The predicted octanol–water partition coefficient (Wildman–Crippen LogP) is 2.94. The van der Waals surface area contributed by atoms with Crippen molar-refractivity contribution in [2.24, 2.45) is 0 Å². The minimum absolute atomic E-state index is 0.285. The lowest BCUT2D eigenvalue weighted by atomic mass is 9.70. The van der Waals surface area contributed by atoms with Gasteiger partial charge in [0, 0.05) is 68.3 Å². The van der Waals surface area contributed by atoms with Crippen molar-refractivity contribution in [3.8, 4) is 17.3 Å². The lowest BCUT2D eigenvalue weighted by Gasteiger charge is -2.52. The molecule has 0 bridgehead atoms. The van der Waals surface area contributed by atoms with Crippen molar-refractivity contribution in [2.45, 2.75) is 37.4 Å². The van der Waals surface area contributed by atoms with Crippen LogP contribution in [0.1, 0.15) is 24.8 Å². The van der Waals surface area contributed by atoms with Crippen LogP contribution in [-0.4, -0.2) is 71.7 Å². The molecule has 1 aliphatic heterocycles. The zero-order valence-corrected chi connectivity index (χ0v) is 19.3. The van der Waals surface area contributed by atoms with Crippen LogP contribution in [0.5, 0.6) is 0 Å². The van der Waals surface area contributed by atoms with Crippen molar-refractivity contribution >= 4 is 11.0 Å². The van der Waals surface area contributed by atoms with Crippen molar-refractivity contribution in [1.29, 1.82) is 5.26 Å². The second-order valence-electron chi connectivity index (χ2n) is 9.58. The SMILES string of the molecule is N#CCC1(n2cc(-c3ncnc4[nH]ccc34)cn2)CC(N2CCN(Cc3cncc(F)c3)CC2)C1. The second kappa shape index (κ2) is 8.83. The smallest absolute Gasteiger partial charge is 0.141 e. The number of nitrogens with zero attached hydrogens (tertiary/aromatic N) is 8. The highest BCUT2D eigenvalue weighted by molar-refractivity contribution is 5.89. The summed E-state index contributed by atoms with van der Waals surface area (Å²) in [6, 6.07) is 6.35. The molecule has 5 heterocycles. The maximum atomic E-state index is 13.4. The van der Waals surface area contributed by atoms with Gasteiger partial charge in [-0.05, 0) is 30.5 Å². The molecule has 4 aromatic heterocycles. The molecule has 0 unspecified atom stereocenters. The predicted molar refractivity (Wildman–Crippen MR) is 127 cm³/mol. The van der Waals surface area contributed by atoms with Crippen molar-refractivity contribution in [1.82, 2.24) is 39.5 Å². The molecule has 0 radical (unpaired) electrons. The van der Waals surface area contributed by atoms with Crippen LogP contribution >= 0.6 is 0 Å². The third-order valence-corrected chi connectivity index (χ3v) is 7.43. The number of aromatic amines is 1. The van der Waals surface area contributed by atoms with Gasteiger partial charge in [-0.3, -0.25) is 19.5 Å². The molecule has 35 heavy (non-hydrogen) atoms. The van der Waals surface area contributed by atoms with E-state index in [1.807, 2.05) is 29.3 Å². The average molecular weight is 472 g/mol. The van der Waals surface area contributed by atoms with Gasteiger partial charge in [-0.25, -0.2) is 14.4 Å². The number of aromatic nitrogens is 6. The zero-order valence-electron chi connectivity index (χ0n) is 19.3. The fraction of sp³-hybridized carbons (Fsp3) is 0.400. The lowest BCUT2D eigenvalue weighted by molar-refractivity contribution is -0.0191. The normalized spacial score (nSPS) is 23.3. The quantitative estimate of drug-likeness (QED) is 0.461. The molecule has 178 valence electrons. The summed E-state index contributed by atoms with van der Waals surface area (Å²) in [4.78, 5) is 20.7. The van der Waals surface area contributed by atoms with Crippen molar-refractivity contribution in [2.75, 3.05) is 26.2 Å². The number of halogens is 1. The van der Waals surface area contributed by atoms with Gasteiger partial charge in [0.25, 0.3) is 0 Å². The van der Waals surface area contributed by atoms with Gasteiger partial charge in [0.2, 0.25) is 0 Å². The monoisotopic (exact) mass is 471 g/mol. The molecule has 1 aliphatic carbocycles. The molecule has 0 spiro atoms. The van der Waals surface area contributed by atoms with Gasteiger partial charge >= 0.3 is 0 Å². The summed E-state index contributed by atoms with van der Waals surface area (Å²) in [7, 11) is 0. The fourth-order valence-corrected chi connectivity index (χ4v) is 5.53. The number of hydrogen-bond acceptors (Lipinski definition) is 7. The van der Waals surface area contributed by atoms with E-state index < -0.39 is 0 Å². The van der Waals surface area contributed by atoms with E-state index in [0.717, 1.165) is 73.4 Å². The first-order valence-electron chi connectivity index (χ1n) is 11.9. The maximum Gasteiger partial charge on any atom is 0.141 e. The van der Waals surface area contributed by atoms with Gasteiger partial charge in [-0.2, -0.15) is 10.4 Å². The number of rotatable bonds is 6. The maximum absolute atomic E-state index is 13.4. The average Bonchev–Trinajstić information content (AvgIpc) is 3.52. The van der Waals surface area contributed by atoms with E-state index in [1.54, 1.807) is 18.6 Å². The minimum Gasteiger partial charge on any atom is -0.346 e. The van der Waals surface area contributed by atoms with E-state index in [4.69, 9.17) is 0 Å². The van der Waals surface area contributed by atoms with Crippen molar-refractivity contribution in [3.63, 3.8) is 0 Å². The lowest BCUT2D eigenvalue weighted by Crippen LogP contribution is -2.60. The first-order chi connectivity index (χ1) is 17.1. The Kier molecular flexibility index (Phi) is 5.51. The molecule has 10 heteroatoms. The van der Waals surface area contributed by atoms with Crippen LogP contribution in [-0.2, 0) is 12.1 Å². The first kappa shape index (κ1) is 21.8. The van der Waals surface area contributed by atoms with Crippen LogP contribution < -0.4 is 0 Å². The molecular formula is C25H26FN9. The number of nitrogens with one attached hydrogen (secondary N) is 1. The third-order valence-electron chi connectivity index (χ3n) is 7.43. The number of H-pyrrole nitrogens is 1. The molecule has 1 saturated carbocycles. The Bertz CT molecular complexity index is 1370. The molecule has 9 nitrogen and oxygen atoms in total. The highest BCUT2D eigenvalue weighted by Gasteiger charge is 2.49. The molecule has 4 aromatic rings. The molecule has 6 rings (SSSR count). The molecule has 1 N–H and O–H groups in total. The Morgan fingerprint density at radius 1 is 1.14 bits per heavy atom. The van der Waals surface area contributed by atoms with Gasteiger partial charge in [-0.1, -0.05) is 0 Å². The Hall–Kier alpha value is -3.68. The summed E-state index contributed by atoms with van der Waals surface area (Å²) in [5.41, 5.74) is 3.19. The Morgan fingerprint density at radius 2 is 2.00 bits per heavy atom. The molecule has 0 aromatic carbocycles. The number of fused-ring (bicyclic) bond motifs is 1. The zero-order chi connectivity index (χ0) is 23.8. The second-order valence-corrected chi connectivity index (χ2v) is 9.58. The highest BCUT2D eigenvalue weighted by atomic mass is 19.1. The van der Waals surface area contributed by atoms with Crippen LogP contribution in [0.2, 0.25) is 0 Å². The van der Waals surface area contributed by atoms with Crippen LogP contribution in [0.3, 0.4) is 0 Å². The van der Waals surface area contributed by atoms with Crippen LogP contribution in [0.25, 0.3) is 22.3 Å². The Balaban J connectivity index is 1.11. The van der Waals surface area contributed by atoms with Gasteiger partial charge < -0.3 is 4.98 Å². The van der Waals surface area contributed by atoms with Crippen molar-refractivity contribution < 1.29 is 4.39 Å². The minimum atomic E-state index is -0.288. The van der Waals surface area contributed by atoms with Gasteiger partial charge in [-0.15, -0.1) is 0 Å². The summed E-state index contributed by atoms with van der Waals surface area (Å²) in [6.45, 7) is 4.52. The summed E-state index contributed by atoms with van der Waals surface area (Å²) in [5.74, 6) is -0.288.